The molecular weight excluding hydrogens is 262 g/mol. The number of rotatable bonds is 3. The van der Waals surface area contributed by atoms with E-state index in [0.717, 1.165) is 16.6 Å². The number of aromatic nitrogens is 3. The van der Waals surface area contributed by atoms with Gasteiger partial charge in [-0.25, -0.2) is 9.97 Å². The van der Waals surface area contributed by atoms with Crippen molar-refractivity contribution in [2.24, 2.45) is 7.05 Å². The fraction of sp³-hybridized carbons (Fsp3) is 0.143. The highest BCUT2D eigenvalue weighted by molar-refractivity contribution is 6.31. The molecule has 0 aliphatic heterocycles. The molecule has 1 aromatic carbocycles. The van der Waals surface area contributed by atoms with Gasteiger partial charge in [-0.2, -0.15) is 0 Å². The summed E-state index contributed by atoms with van der Waals surface area (Å²) in [5.41, 5.74) is 2.69. The number of fused-ring (bicyclic) bond motifs is 1. The van der Waals surface area contributed by atoms with Crippen LogP contribution in [0, 0.1) is 0 Å². The molecule has 5 heteroatoms. The Hall–Kier alpha value is -2.07. The van der Waals surface area contributed by atoms with E-state index in [2.05, 4.69) is 9.97 Å². The van der Waals surface area contributed by atoms with Gasteiger partial charge < -0.3 is 9.30 Å². The minimum atomic E-state index is 0.386. The lowest BCUT2D eigenvalue weighted by atomic mass is 10.2. The standard InChI is InChI=1S/C14H12ClN3O/c1-18-9-17-12-6-7-16-14(13(12)18)19-8-10-4-2-3-5-11(10)15/h2-7,9H,8H2,1H3. The SMILES string of the molecule is Cn1cnc2ccnc(OCc3ccccc3Cl)c21. The molecule has 2 aromatic heterocycles. The summed E-state index contributed by atoms with van der Waals surface area (Å²) in [6.07, 6.45) is 3.44. The van der Waals surface area contributed by atoms with Gasteiger partial charge in [-0.1, -0.05) is 29.8 Å². The molecule has 0 radical (unpaired) electrons. The predicted octanol–water partition coefficient (Wildman–Crippen LogP) is 3.20. The number of nitrogens with zero attached hydrogens (tertiary/aromatic N) is 3. The minimum Gasteiger partial charge on any atom is -0.471 e. The van der Waals surface area contributed by atoms with Gasteiger partial charge in [0, 0.05) is 23.8 Å². The fourth-order valence-corrected chi connectivity index (χ4v) is 2.12. The monoisotopic (exact) mass is 273 g/mol. The summed E-state index contributed by atoms with van der Waals surface area (Å²) in [6.45, 7) is 0.386. The summed E-state index contributed by atoms with van der Waals surface area (Å²) in [5, 5.41) is 0.694. The third-order valence-electron chi connectivity index (χ3n) is 2.91. The van der Waals surface area contributed by atoms with Crippen molar-refractivity contribution in [2.75, 3.05) is 0 Å². The Balaban J connectivity index is 1.90. The van der Waals surface area contributed by atoms with Crippen LogP contribution in [-0.2, 0) is 13.7 Å². The van der Waals surface area contributed by atoms with Crippen LogP contribution in [0.2, 0.25) is 5.02 Å². The number of halogens is 1. The molecule has 0 unspecified atom stereocenters. The Morgan fingerprint density at radius 3 is 2.89 bits per heavy atom. The van der Waals surface area contributed by atoms with Crippen LogP contribution in [0.4, 0.5) is 0 Å². The molecule has 0 saturated carbocycles. The van der Waals surface area contributed by atoms with E-state index in [4.69, 9.17) is 16.3 Å². The lowest BCUT2D eigenvalue weighted by Gasteiger charge is -2.08. The summed E-state index contributed by atoms with van der Waals surface area (Å²) in [7, 11) is 1.92. The molecule has 96 valence electrons. The summed E-state index contributed by atoms with van der Waals surface area (Å²) >= 11 is 6.10. The second-order valence-electron chi connectivity index (χ2n) is 4.22. The maximum Gasteiger partial charge on any atom is 0.240 e. The third kappa shape index (κ3) is 2.27. The lowest BCUT2D eigenvalue weighted by molar-refractivity contribution is 0.297. The quantitative estimate of drug-likeness (QED) is 0.736. The zero-order chi connectivity index (χ0) is 13.2. The van der Waals surface area contributed by atoms with Crippen LogP contribution in [0.3, 0.4) is 0 Å². The number of imidazole rings is 1. The number of benzene rings is 1. The molecule has 0 spiro atoms. The second-order valence-corrected chi connectivity index (χ2v) is 4.63. The molecule has 0 saturated heterocycles. The molecule has 0 bridgehead atoms. The van der Waals surface area contributed by atoms with E-state index in [0.29, 0.717) is 17.5 Å². The first kappa shape index (κ1) is 12.0. The maximum atomic E-state index is 6.10. The predicted molar refractivity (Wildman–Crippen MR) is 74.3 cm³/mol. The van der Waals surface area contributed by atoms with Crippen LogP contribution >= 0.6 is 11.6 Å². The van der Waals surface area contributed by atoms with Crippen molar-refractivity contribution in [3.63, 3.8) is 0 Å². The van der Waals surface area contributed by atoms with Gasteiger partial charge in [-0.15, -0.1) is 0 Å². The van der Waals surface area contributed by atoms with Crippen molar-refractivity contribution in [3.8, 4) is 5.88 Å². The largest absolute Gasteiger partial charge is 0.471 e. The Morgan fingerprint density at radius 2 is 2.05 bits per heavy atom. The van der Waals surface area contributed by atoms with E-state index in [1.807, 2.05) is 41.9 Å². The number of pyridine rings is 1. The van der Waals surface area contributed by atoms with E-state index < -0.39 is 0 Å². The van der Waals surface area contributed by atoms with Gasteiger partial charge in [0.05, 0.1) is 11.8 Å². The summed E-state index contributed by atoms with van der Waals surface area (Å²) < 4.78 is 7.66. The Labute approximate surface area is 115 Å². The third-order valence-corrected chi connectivity index (χ3v) is 3.28. The Kier molecular flexibility index (Phi) is 3.09. The van der Waals surface area contributed by atoms with Gasteiger partial charge in [-0.05, 0) is 12.1 Å². The van der Waals surface area contributed by atoms with Crippen molar-refractivity contribution >= 4 is 22.6 Å². The van der Waals surface area contributed by atoms with E-state index in [1.54, 1.807) is 12.5 Å². The highest BCUT2D eigenvalue weighted by Gasteiger charge is 2.09. The smallest absolute Gasteiger partial charge is 0.240 e. The molecule has 0 aliphatic rings. The normalized spacial score (nSPS) is 10.8. The highest BCUT2D eigenvalue weighted by atomic mass is 35.5. The van der Waals surface area contributed by atoms with Crippen LogP contribution in [0.1, 0.15) is 5.56 Å². The highest BCUT2D eigenvalue weighted by Crippen LogP contribution is 2.23. The topological polar surface area (TPSA) is 39.9 Å². The molecule has 4 nitrogen and oxygen atoms in total. The average molecular weight is 274 g/mol. The zero-order valence-corrected chi connectivity index (χ0v) is 11.1. The van der Waals surface area contributed by atoms with Gasteiger partial charge in [-0.3, -0.25) is 0 Å². The summed E-state index contributed by atoms with van der Waals surface area (Å²) in [4.78, 5) is 8.53. The summed E-state index contributed by atoms with van der Waals surface area (Å²) in [5.74, 6) is 0.567. The molecule has 19 heavy (non-hydrogen) atoms. The Bertz CT molecular complexity index is 724. The van der Waals surface area contributed by atoms with Gasteiger partial charge in [0.1, 0.15) is 12.1 Å². The average Bonchev–Trinajstić information content (AvgIpc) is 2.80. The molecule has 0 atom stereocenters. The first-order chi connectivity index (χ1) is 9.25. The molecule has 0 amide bonds. The van der Waals surface area contributed by atoms with Crippen LogP contribution in [0.25, 0.3) is 11.0 Å². The van der Waals surface area contributed by atoms with Crippen molar-refractivity contribution < 1.29 is 4.74 Å². The summed E-state index contributed by atoms with van der Waals surface area (Å²) in [6, 6.07) is 9.47. The van der Waals surface area contributed by atoms with Gasteiger partial charge in [0.2, 0.25) is 5.88 Å². The van der Waals surface area contributed by atoms with E-state index in [1.165, 1.54) is 0 Å². The van der Waals surface area contributed by atoms with Crippen LogP contribution < -0.4 is 4.74 Å². The number of aryl methyl sites for hydroxylation is 1. The second kappa shape index (κ2) is 4.90. The molecule has 0 fully saturated rings. The lowest BCUT2D eigenvalue weighted by Crippen LogP contribution is -2.00. The van der Waals surface area contributed by atoms with Gasteiger partial charge >= 0.3 is 0 Å². The first-order valence-electron chi connectivity index (χ1n) is 5.88. The van der Waals surface area contributed by atoms with Gasteiger partial charge in [0.25, 0.3) is 0 Å². The molecule has 0 N–H and O–H groups in total. The van der Waals surface area contributed by atoms with E-state index in [-0.39, 0.29) is 0 Å². The van der Waals surface area contributed by atoms with Crippen molar-refractivity contribution in [1.82, 2.24) is 14.5 Å². The Morgan fingerprint density at radius 1 is 1.21 bits per heavy atom. The van der Waals surface area contributed by atoms with Gasteiger partial charge in [0.15, 0.2) is 0 Å². The zero-order valence-electron chi connectivity index (χ0n) is 10.4. The number of ether oxygens (including phenoxy) is 1. The molecule has 3 rings (SSSR count). The number of hydrogen-bond donors (Lipinski definition) is 0. The number of hydrogen-bond acceptors (Lipinski definition) is 3. The minimum absolute atomic E-state index is 0.386. The van der Waals surface area contributed by atoms with Crippen molar-refractivity contribution in [2.45, 2.75) is 6.61 Å². The van der Waals surface area contributed by atoms with E-state index >= 15 is 0 Å². The molecular formula is C14H12ClN3O. The van der Waals surface area contributed by atoms with Crippen LogP contribution in [0.15, 0.2) is 42.9 Å². The van der Waals surface area contributed by atoms with Crippen molar-refractivity contribution in [1.29, 1.82) is 0 Å². The maximum absolute atomic E-state index is 6.10. The van der Waals surface area contributed by atoms with Crippen LogP contribution in [0.5, 0.6) is 5.88 Å². The van der Waals surface area contributed by atoms with Crippen LogP contribution in [-0.4, -0.2) is 14.5 Å². The first-order valence-corrected chi connectivity index (χ1v) is 6.26. The van der Waals surface area contributed by atoms with E-state index in [9.17, 15) is 0 Å². The molecule has 2 heterocycles. The molecule has 0 aliphatic carbocycles. The van der Waals surface area contributed by atoms with Crippen molar-refractivity contribution in [3.05, 3.63) is 53.4 Å². The molecule has 3 aromatic rings. The fourth-order valence-electron chi connectivity index (χ4n) is 1.93.